The maximum Gasteiger partial charge on any atom is 0.272 e. The molecule has 1 aliphatic heterocycles. The van der Waals surface area contributed by atoms with Crippen LogP contribution >= 0.6 is 0 Å². The quantitative estimate of drug-likeness (QED) is 0.527. The molecule has 160 valence electrons. The zero-order chi connectivity index (χ0) is 22.4. The molecule has 0 aliphatic carbocycles. The van der Waals surface area contributed by atoms with Crippen molar-refractivity contribution in [3.8, 4) is 17.2 Å². The number of nitrogens with one attached hydrogen (secondary N) is 1. The molecule has 2 aromatic carbocycles. The van der Waals surface area contributed by atoms with Crippen LogP contribution in [0.15, 0.2) is 48.7 Å². The first-order valence-corrected chi connectivity index (χ1v) is 10.0. The molecule has 32 heavy (non-hydrogen) atoms. The molecule has 0 radical (unpaired) electrons. The van der Waals surface area contributed by atoms with Gasteiger partial charge in [-0.25, -0.2) is 13.8 Å². The minimum absolute atomic E-state index is 0.0254. The molecule has 2 aromatic heterocycles. The molecule has 3 heterocycles. The fourth-order valence-corrected chi connectivity index (χ4v) is 3.99. The normalized spacial score (nSPS) is 15.4. The van der Waals surface area contributed by atoms with Gasteiger partial charge in [-0.05, 0) is 37.6 Å². The molecule has 5 rings (SSSR count). The van der Waals surface area contributed by atoms with E-state index in [0.29, 0.717) is 22.8 Å². The van der Waals surface area contributed by atoms with E-state index < -0.39 is 17.6 Å². The van der Waals surface area contributed by atoms with Crippen LogP contribution in [0.3, 0.4) is 0 Å². The average Bonchev–Trinajstić information content (AvgIpc) is 3.11. The van der Waals surface area contributed by atoms with E-state index in [9.17, 15) is 13.6 Å². The highest BCUT2D eigenvalue weighted by molar-refractivity contribution is 5.95. The molecule has 0 saturated heterocycles. The third kappa shape index (κ3) is 3.41. The van der Waals surface area contributed by atoms with Crippen LogP contribution in [0, 0.1) is 25.5 Å². The van der Waals surface area contributed by atoms with Gasteiger partial charge in [-0.3, -0.25) is 4.79 Å². The van der Waals surface area contributed by atoms with Crippen LogP contribution in [0.4, 0.5) is 14.6 Å². The number of anilines is 1. The number of hydrogen-bond acceptors (Lipinski definition) is 5. The predicted octanol–water partition coefficient (Wildman–Crippen LogP) is 4.09. The van der Waals surface area contributed by atoms with Gasteiger partial charge in [0.15, 0.2) is 0 Å². The molecule has 0 spiro atoms. The molecule has 1 amide bonds. The molecule has 0 unspecified atom stereocenters. The SMILES string of the molecule is Cc1ccc(-c2cnnc(-n3nc(C)c4c3NC(=O)C[C@H]4c3cc(F)ccc3F)n2)cc1. The summed E-state index contributed by atoms with van der Waals surface area (Å²) in [6.45, 7) is 3.74. The summed E-state index contributed by atoms with van der Waals surface area (Å²) >= 11 is 0. The molecular weight excluding hydrogens is 414 g/mol. The molecule has 0 fully saturated rings. The van der Waals surface area contributed by atoms with Gasteiger partial charge in [0, 0.05) is 23.5 Å². The number of aryl methyl sites for hydroxylation is 2. The van der Waals surface area contributed by atoms with Crippen LogP contribution in [0.5, 0.6) is 0 Å². The van der Waals surface area contributed by atoms with Gasteiger partial charge < -0.3 is 5.32 Å². The van der Waals surface area contributed by atoms with Gasteiger partial charge in [-0.1, -0.05) is 29.8 Å². The van der Waals surface area contributed by atoms with Crippen molar-refractivity contribution in [3.63, 3.8) is 0 Å². The van der Waals surface area contributed by atoms with Gasteiger partial charge in [0.2, 0.25) is 5.91 Å². The number of rotatable bonds is 3. The highest BCUT2D eigenvalue weighted by Gasteiger charge is 2.34. The summed E-state index contributed by atoms with van der Waals surface area (Å²) < 4.78 is 29.8. The minimum Gasteiger partial charge on any atom is -0.310 e. The molecular formula is C23H18F2N6O. The van der Waals surface area contributed by atoms with Crippen LogP contribution in [-0.2, 0) is 4.79 Å². The fraction of sp³-hybridized carbons (Fsp3) is 0.174. The van der Waals surface area contributed by atoms with Crippen molar-refractivity contribution in [2.45, 2.75) is 26.2 Å². The van der Waals surface area contributed by atoms with Crippen molar-refractivity contribution >= 4 is 11.7 Å². The highest BCUT2D eigenvalue weighted by Crippen LogP contribution is 2.40. The highest BCUT2D eigenvalue weighted by atomic mass is 19.1. The van der Waals surface area contributed by atoms with Gasteiger partial charge in [-0.15, -0.1) is 5.10 Å². The summed E-state index contributed by atoms with van der Waals surface area (Å²) in [5.74, 6) is -1.68. The Balaban J connectivity index is 1.63. The van der Waals surface area contributed by atoms with Crippen LogP contribution in [-0.4, -0.2) is 30.9 Å². The Kier molecular flexibility index (Phi) is 4.73. The Labute approximate surface area is 182 Å². The van der Waals surface area contributed by atoms with Crippen molar-refractivity contribution in [1.29, 1.82) is 0 Å². The van der Waals surface area contributed by atoms with E-state index in [1.165, 1.54) is 4.68 Å². The maximum absolute atomic E-state index is 14.5. The number of aromatic nitrogens is 5. The lowest BCUT2D eigenvalue weighted by Gasteiger charge is -2.24. The van der Waals surface area contributed by atoms with Crippen molar-refractivity contribution in [3.05, 3.63) is 82.7 Å². The topological polar surface area (TPSA) is 85.6 Å². The van der Waals surface area contributed by atoms with Crippen LogP contribution in [0.1, 0.15) is 34.7 Å². The first kappa shape index (κ1) is 19.9. The lowest BCUT2D eigenvalue weighted by atomic mass is 9.85. The third-order valence-electron chi connectivity index (χ3n) is 5.52. The molecule has 9 heteroatoms. The Morgan fingerprint density at radius 1 is 1.09 bits per heavy atom. The van der Waals surface area contributed by atoms with Gasteiger partial charge >= 0.3 is 0 Å². The van der Waals surface area contributed by atoms with Crippen molar-refractivity contribution in [1.82, 2.24) is 25.0 Å². The predicted molar refractivity (Wildman–Crippen MR) is 113 cm³/mol. The Hall–Kier alpha value is -4.01. The third-order valence-corrected chi connectivity index (χ3v) is 5.52. The second-order valence-corrected chi connectivity index (χ2v) is 7.74. The van der Waals surface area contributed by atoms with E-state index >= 15 is 0 Å². The Morgan fingerprint density at radius 3 is 2.66 bits per heavy atom. The smallest absolute Gasteiger partial charge is 0.272 e. The second-order valence-electron chi connectivity index (χ2n) is 7.74. The van der Waals surface area contributed by atoms with Crippen LogP contribution in [0.2, 0.25) is 0 Å². The summed E-state index contributed by atoms with van der Waals surface area (Å²) in [6.07, 6.45) is 1.52. The van der Waals surface area contributed by atoms with Gasteiger partial charge in [0.25, 0.3) is 5.95 Å². The molecule has 7 nitrogen and oxygen atoms in total. The number of benzene rings is 2. The summed E-state index contributed by atoms with van der Waals surface area (Å²) in [4.78, 5) is 17.1. The summed E-state index contributed by atoms with van der Waals surface area (Å²) in [5, 5.41) is 15.4. The minimum atomic E-state index is -0.684. The number of nitrogens with zero attached hydrogens (tertiary/aromatic N) is 5. The standard InChI is InChI=1S/C23H18F2N6O/c1-12-3-5-14(6-4-12)19-11-26-29-23(27-19)31-22-21(13(2)30-31)17(10-20(32)28-22)16-9-15(24)7-8-18(16)25/h3-9,11,17H,10H2,1-2H3,(H,28,32)/t17-/m0/s1. The first-order valence-electron chi connectivity index (χ1n) is 10.0. The summed E-state index contributed by atoms with van der Waals surface area (Å²) in [5.41, 5.74) is 3.82. The second kappa shape index (κ2) is 7.60. The van der Waals surface area contributed by atoms with Gasteiger partial charge in [0.05, 0.1) is 17.6 Å². The molecule has 4 aromatic rings. The summed E-state index contributed by atoms with van der Waals surface area (Å²) in [7, 11) is 0. The summed E-state index contributed by atoms with van der Waals surface area (Å²) in [6, 6.07) is 11.0. The number of halogens is 2. The van der Waals surface area contributed by atoms with Crippen molar-refractivity contribution in [2.75, 3.05) is 5.32 Å². The van der Waals surface area contributed by atoms with E-state index in [0.717, 1.165) is 29.3 Å². The Morgan fingerprint density at radius 2 is 1.88 bits per heavy atom. The lowest BCUT2D eigenvalue weighted by molar-refractivity contribution is -0.116. The van der Waals surface area contributed by atoms with E-state index in [-0.39, 0.29) is 23.8 Å². The van der Waals surface area contributed by atoms with Crippen LogP contribution < -0.4 is 5.32 Å². The first-order chi connectivity index (χ1) is 15.4. The number of fused-ring (bicyclic) bond motifs is 1. The largest absolute Gasteiger partial charge is 0.310 e. The number of amides is 1. The van der Waals surface area contributed by atoms with Crippen LogP contribution in [0.25, 0.3) is 17.2 Å². The zero-order valence-electron chi connectivity index (χ0n) is 17.3. The maximum atomic E-state index is 14.5. The zero-order valence-corrected chi connectivity index (χ0v) is 17.3. The lowest BCUT2D eigenvalue weighted by Crippen LogP contribution is -2.25. The van der Waals surface area contributed by atoms with E-state index in [1.807, 2.05) is 31.2 Å². The van der Waals surface area contributed by atoms with Gasteiger partial charge in [0.1, 0.15) is 17.5 Å². The Bertz CT molecular complexity index is 1350. The van der Waals surface area contributed by atoms with E-state index in [1.54, 1.807) is 13.1 Å². The number of hydrogen-bond donors (Lipinski definition) is 1. The molecule has 1 N–H and O–H groups in total. The fourth-order valence-electron chi connectivity index (χ4n) is 3.99. The molecule has 1 aliphatic rings. The molecule has 1 atom stereocenters. The van der Waals surface area contributed by atoms with Gasteiger partial charge in [-0.2, -0.15) is 14.9 Å². The number of carbonyl (C=O) groups excluding carboxylic acids is 1. The molecule has 0 saturated carbocycles. The monoisotopic (exact) mass is 432 g/mol. The average molecular weight is 432 g/mol. The van der Waals surface area contributed by atoms with Crippen molar-refractivity contribution in [2.24, 2.45) is 0 Å². The number of carbonyl (C=O) groups is 1. The van der Waals surface area contributed by atoms with Crippen molar-refractivity contribution < 1.29 is 13.6 Å². The van der Waals surface area contributed by atoms with E-state index in [4.69, 9.17) is 0 Å². The molecule has 0 bridgehead atoms. The van der Waals surface area contributed by atoms with E-state index in [2.05, 4.69) is 25.6 Å².